The van der Waals surface area contributed by atoms with E-state index in [1.165, 1.54) is 31.7 Å². The second kappa shape index (κ2) is 4.69. The van der Waals surface area contributed by atoms with Crippen molar-refractivity contribution in [2.24, 2.45) is 5.92 Å². The zero-order valence-corrected chi connectivity index (χ0v) is 12.7. The Balaban J connectivity index is 1.61. The summed E-state index contributed by atoms with van der Waals surface area (Å²) in [5, 5.41) is 0. The third-order valence-electron chi connectivity index (χ3n) is 4.06. The molecule has 0 radical (unpaired) electrons. The summed E-state index contributed by atoms with van der Waals surface area (Å²) in [5.41, 5.74) is 0. The molecular formula is C11H24O2Si2. The summed E-state index contributed by atoms with van der Waals surface area (Å²) >= 11 is 0. The molecule has 1 heterocycles. The lowest BCUT2D eigenvalue weighted by Gasteiger charge is -2.22. The van der Waals surface area contributed by atoms with Crippen molar-refractivity contribution in [3.8, 4) is 0 Å². The maximum atomic E-state index is 5.63. The zero-order chi connectivity index (χ0) is 10.9. The van der Waals surface area contributed by atoms with Gasteiger partial charge in [-0.15, -0.1) is 0 Å². The van der Waals surface area contributed by atoms with E-state index in [0.29, 0.717) is 12.2 Å². The quantitative estimate of drug-likeness (QED) is 0.544. The fraction of sp³-hybridized carbons (Fsp3) is 1.00. The molecule has 1 aliphatic heterocycles. The third kappa shape index (κ3) is 3.41. The van der Waals surface area contributed by atoms with Crippen LogP contribution in [0, 0.1) is 5.92 Å². The maximum Gasteiger partial charge on any atom is 0.166 e. The van der Waals surface area contributed by atoms with Crippen LogP contribution in [0.2, 0.25) is 19.1 Å². The van der Waals surface area contributed by atoms with E-state index < -0.39 is 7.83 Å². The average Bonchev–Trinajstić information content (AvgIpc) is 2.96. The van der Waals surface area contributed by atoms with Gasteiger partial charge in [-0.1, -0.05) is 12.5 Å². The van der Waals surface area contributed by atoms with Crippen molar-refractivity contribution in [2.45, 2.75) is 57.0 Å². The van der Waals surface area contributed by atoms with Gasteiger partial charge in [0.15, 0.2) is 7.83 Å². The Morgan fingerprint density at radius 1 is 1.33 bits per heavy atom. The van der Waals surface area contributed by atoms with Gasteiger partial charge in [-0.25, -0.2) is 0 Å². The number of hydrogen-bond acceptors (Lipinski definition) is 2. The van der Waals surface area contributed by atoms with Crippen molar-refractivity contribution in [3.05, 3.63) is 0 Å². The van der Waals surface area contributed by atoms with E-state index in [-0.39, 0.29) is 9.04 Å². The first-order valence-corrected chi connectivity index (χ1v) is 12.5. The van der Waals surface area contributed by atoms with Crippen molar-refractivity contribution >= 4 is 16.9 Å². The smallest absolute Gasteiger partial charge is 0.166 e. The minimum Gasteiger partial charge on any atom is -0.424 e. The van der Waals surface area contributed by atoms with Crippen LogP contribution in [0.3, 0.4) is 0 Å². The van der Waals surface area contributed by atoms with Crippen LogP contribution < -0.4 is 0 Å². The van der Waals surface area contributed by atoms with E-state index in [1.807, 2.05) is 7.11 Å². The van der Waals surface area contributed by atoms with E-state index in [9.17, 15) is 0 Å². The van der Waals surface area contributed by atoms with E-state index >= 15 is 0 Å². The molecule has 1 saturated heterocycles. The first kappa shape index (κ1) is 11.8. The lowest BCUT2D eigenvalue weighted by molar-refractivity contribution is 0.357. The summed E-state index contributed by atoms with van der Waals surface area (Å²) < 4.78 is 11.2. The summed E-state index contributed by atoms with van der Waals surface area (Å²) in [6.45, 7) is 4.75. The molecule has 2 fully saturated rings. The molecule has 4 heteroatoms. The van der Waals surface area contributed by atoms with Gasteiger partial charge in [-0.05, 0) is 38.3 Å². The molecule has 0 N–H and O–H groups in total. The molecule has 0 aromatic heterocycles. The number of hydrogen-bond donors (Lipinski definition) is 0. The highest BCUT2D eigenvalue weighted by molar-refractivity contribution is 7.20. The van der Waals surface area contributed by atoms with Crippen molar-refractivity contribution in [2.75, 3.05) is 7.11 Å². The van der Waals surface area contributed by atoms with Crippen LogP contribution >= 0.6 is 0 Å². The highest BCUT2D eigenvalue weighted by Gasteiger charge is 2.43. The molecule has 0 aromatic carbocycles. The topological polar surface area (TPSA) is 21.8 Å². The van der Waals surface area contributed by atoms with Crippen molar-refractivity contribution < 1.29 is 9.16 Å². The van der Waals surface area contributed by atoms with Gasteiger partial charge in [0.2, 0.25) is 0 Å². The number of ether oxygens (including phenoxy) is 1. The van der Waals surface area contributed by atoms with Crippen LogP contribution in [-0.2, 0) is 9.16 Å². The molecule has 2 aliphatic rings. The molecule has 3 unspecified atom stereocenters. The number of rotatable bonds is 5. The maximum absolute atomic E-state index is 5.63. The highest BCUT2D eigenvalue weighted by atomic mass is 29.2. The Bertz CT molecular complexity index is 221. The van der Waals surface area contributed by atoms with Crippen LogP contribution in [0.1, 0.15) is 25.7 Å². The second-order valence-corrected chi connectivity index (χ2v) is 17.5. The summed E-state index contributed by atoms with van der Waals surface area (Å²) in [7, 11) is 0.811. The molecule has 0 bridgehead atoms. The molecule has 3 atom stereocenters. The van der Waals surface area contributed by atoms with Crippen LogP contribution in [0.15, 0.2) is 0 Å². The fourth-order valence-electron chi connectivity index (χ4n) is 2.67. The molecule has 2 rings (SSSR count). The van der Waals surface area contributed by atoms with Gasteiger partial charge >= 0.3 is 0 Å². The molecule has 2 nitrogen and oxygen atoms in total. The molecule has 0 aromatic rings. The van der Waals surface area contributed by atoms with Crippen molar-refractivity contribution in [1.82, 2.24) is 0 Å². The normalized spacial score (nSPS) is 35.8. The Kier molecular flexibility index (Phi) is 3.70. The number of epoxide rings is 1. The van der Waals surface area contributed by atoms with Crippen LogP contribution in [0.5, 0.6) is 0 Å². The van der Waals surface area contributed by atoms with Crippen LogP contribution in [0.25, 0.3) is 0 Å². The lowest BCUT2D eigenvalue weighted by atomic mass is 9.88. The standard InChI is InChI=1S/C11H24O2Si2/c1-12-15(2,3)14-7-6-9-4-5-10-11(8-9)13-10/h9-11H,4-8,14H2,1-3H3. The minimum absolute atomic E-state index is 0.0668. The summed E-state index contributed by atoms with van der Waals surface area (Å²) in [6.07, 6.45) is 6.90. The zero-order valence-electron chi connectivity index (χ0n) is 10.3. The minimum atomic E-state index is -1.16. The Labute approximate surface area is 96.5 Å². The Hall–Kier alpha value is 0.354. The summed E-state index contributed by atoms with van der Waals surface area (Å²) in [6, 6.07) is 1.50. The van der Waals surface area contributed by atoms with Crippen molar-refractivity contribution in [1.29, 1.82) is 0 Å². The van der Waals surface area contributed by atoms with Gasteiger partial charge in [-0.3, -0.25) is 0 Å². The molecular weight excluding hydrogens is 220 g/mol. The third-order valence-corrected chi connectivity index (χ3v) is 12.7. The first-order chi connectivity index (χ1) is 7.11. The highest BCUT2D eigenvalue weighted by Crippen LogP contribution is 2.40. The van der Waals surface area contributed by atoms with E-state index in [2.05, 4.69) is 13.1 Å². The van der Waals surface area contributed by atoms with Gasteiger partial charge in [0.1, 0.15) is 0 Å². The molecule has 15 heavy (non-hydrogen) atoms. The van der Waals surface area contributed by atoms with E-state index in [1.54, 1.807) is 0 Å². The monoisotopic (exact) mass is 244 g/mol. The van der Waals surface area contributed by atoms with Gasteiger partial charge in [0.05, 0.1) is 12.2 Å². The molecule has 0 spiro atoms. The molecule has 88 valence electrons. The molecule has 0 amide bonds. The average molecular weight is 244 g/mol. The molecule has 1 aliphatic carbocycles. The van der Waals surface area contributed by atoms with E-state index in [0.717, 1.165) is 5.92 Å². The van der Waals surface area contributed by atoms with Crippen LogP contribution in [-0.4, -0.2) is 36.2 Å². The second-order valence-electron chi connectivity index (χ2n) is 5.75. The Morgan fingerprint density at radius 2 is 2.13 bits per heavy atom. The predicted octanol–water partition coefficient (Wildman–Crippen LogP) is 1.88. The lowest BCUT2D eigenvalue weighted by Crippen LogP contribution is -2.37. The van der Waals surface area contributed by atoms with Gasteiger partial charge in [0, 0.05) is 16.1 Å². The number of fused-ring (bicyclic) bond motifs is 1. The van der Waals surface area contributed by atoms with Gasteiger partial charge in [-0.2, -0.15) is 0 Å². The first-order valence-electron chi connectivity index (χ1n) is 6.31. The SMILES string of the molecule is CO[Si](C)(C)[SiH2]CCC1CCC2OC2C1. The molecule has 1 saturated carbocycles. The summed E-state index contributed by atoms with van der Waals surface area (Å²) in [5.74, 6) is 0.975. The summed E-state index contributed by atoms with van der Waals surface area (Å²) in [4.78, 5) is 0. The van der Waals surface area contributed by atoms with Gasteiger partial charge < -0.3 is 9.16 Å². The van der Waals surface area contributed by atoms with E-state index in [4.69, 9.17) is 9.16 Å². The van der Waals surface area contributed by atoms with Crippen molar-refractivity contribution in [3.63, 3.8) is 0 Å². The fourth-order valence-corrected chi connectivity index (χ4v) is 8.28. The van der Waals surface area contributed by atoms with Gasteiger partial charge in [0.25, 0.3) is 0 Å². The van der Waals surface area contributed by atoms with Crippen LogP contribution in [0.4, 0.5) is 0 Å². The predicted molar refractivity (Wildman–Crippen MR) is 68.5 cm³/mol. The largest absolute Gasteiger partial charge is 0.424 e. The Morgan fingerprint density at radius 3 is 2.80 bits per heavy atom.